The Bertz CT molecular complexity index is 113. The molecule has 0 saturated carbocycles. The molecule has 0 amide bonds. The van der Waals surface area contributed by atoms with Gasteiger partial charge in [-0.25, -0.2) is 4.79 Å². The van der Waals surface area contributed by atoms with E-state index in [4.69, 9.17) is 10.2 Å². The second kappa shape index (κ2) is 4.03. The third-order valence-corrected chi connectivity index (χ3v) is 0.908. The molecule has 0 fully saturated rings. The molecular formula is C5H9NO3. The van der Waals surface area contributed by atoms with E-state index >= 15 is 0 Å². The van der Waals surface area contributed by atoms with Crippen LogP contribution < -0.4 is 0 Å². The van der Waals surface area contributed by atoms with Crippen molar-refractivity contribution < 1.29 is 15.0 Å². The van der Waals surface area contributed by atoms with Crippen LogP contribution in [0.15, 0.2) is 4.99 Å². The van der Waals surface area contributed by atoms with Gasteiger partial charge >= 0.3 is 5.97 Å². The van der Waals surface area contributed by atoms with Crippen LogP contribution in [0.3, 0.4) is 0 Å². The minimum atomic E-state index is -1.04. The lowest BCUT2D eigenvalue weighted by Crippen LogP contribution is -2.18. The van der Waals surface area contributed by atoms with Gasteiger partial charge < -0.3 is 10.2 Å². The predicted molar refractivity (Wildman–Crippen MR) is 32.7 cm³/mol. The molecule has 0 saturated heterocycles. The van der Waals surface area contributed by atoms with Gasteiger partial charge in [0.1, 0.15) is 6.04 Å². The quantitative estimate of drug-likeness (QED) is 0.506. The summed E-state index contributed by atoms with van der Waals surface area (Å²) in [6, 6.07) is -0.852. The minimum Gasteiger partial charge on any atom is -0.480 e. The van der Waals surface area contributed by atoms with Crippen molar-refractivity contribution in [1.29, 1.82) is 0 Å². The fourth-order valence-electron chi connectivity index (χ4n) is 0.415. The molecule has 1 atom stereocenters. The number of hydrogen-bond acceptors (Lipinski definition) is 3. The fourth-order valence-corrected chi connectivity index (χ4v) is 0.415. The highest BCUT2D eigenvalue weighted by atomic mass is 16.4. The summed E-state index contributed by atoms with van der Waals surface area (Å²) in [6.45, 7) is 2.89. The Morgan fingerprint density at radius 2 is 2.33 bits per heavy atom. The maximum absolute atomic E-state index is 10.1. The van der Waals surface area contributed by atoms with Gasteiger partial charge in [0.15, 0.2) is 0 Å². The van der Waals surface area contributed by atoms with Crippen molar-refractivity contribution in [3.63, 3.8) is 0 Å². The SMILES string of the molecule is C=NC(CCO)C(=O)O. The summed E-state index contributed by atoms with van der Waals surface area (Å²) < 4.78 is 0. The van der Waals surface area contributed by atoms with Crippen LogP contribution in [0.2, 0.25) is 0 Å². The molecular weight excluding hydrogens is 122 g/mol. The molecule has 0 aromatic carbocycles. The number of carboxylic acid groups (broad SMARTS) is 1. The van der Waals surface area contributed by atoms with Crippen molar-refractivity contribution >= 4 is 12.7 Å². The van der Waals surface area contributed by atoms with E-state index in [0.29, 0.717) is 0 Å². The lowest BCUT2D eigenvalue weighted by molar-refractivity contribution is -0.138. The summed E-state index contributed by atoms with van der Waals surface area (Å²) in [5.41, 5.74) is 0. The zero-order chi connectivity index (χ0) is 7.28. The third-order valence-electron chi connectivity index (χ3n) is 0.908. The number of hydrogen-bond donors (Lipinski definition) is 2. The zero-order valence-corrected chi connectivity index (χ0v) is 4.95. The number of rotatable bonds is 4. The van der Waals surface area contributed by atoms with E-state index in [1.165, 1.54) is 0 Å². The second-order valence-electron chi connectivity index (χ2n) is 1.55. The first kappa shape index (κ1) is 8.10. The molecule has 1 unspecified atom stereocenters. The van der Waals surface area contributed by atoms with Gasteiger partial charge in [0.05, 0.1) is 0 Å². The summed E-state index contributed by atoms with van der Waals surface area (Å²) in [6.07, 6.45) is 0.138. The summed E-state index contributed by atoms with van der Waals surface area (Å²) in [4.78, 5) is 13.3. The third kappa shape index (κ3) is 2.81. The standard InChI is InChI=1S/C5H9NO3/c1-6-4(2-3-7)5(8)9/h4,7H,1-3H2,(H,8,9). The van der Waals surface area contributed by atoms with Crippen LogP contribution in [0.5, 0.6) is 0 Å². The van der Waals surface area contributed by atoms with Crippen molar-refractivity contribution in [3.8, 4) is 0 Å². The molecule has 0 aliphatic heterocycles. The van der Waals surface area contributed by atoms with Crippen molar-refractivity contribution in [1.82, 2.24) is 0 Å². The maximum atomic E-state index is 10.1. The van der Waals surface area contributed by atoms with E-state index in [9.17, 15) is 4.79 Å². The van der Waals surface area contributed by atoms with Crippen LogP contribution >= 0.6 is 0 Å². The lowest BCUT2D eigenvalue weighted by Gasteiger charge is -2.01. The second-order valence-corrected chi connectivity index (χ2v) is 1.55. The minimum absolute atomic E-state index is 0.138. The van der Waals surface area contributed by atoms with E-state index in [1.807, 2.05) is 0 Å². The largest absolute Gasteiger partial charge is 0.480 e. The topological polar surface area (TPSA) is 69.9 Å². The van der Waals surface area contributed by atoms with Crippen LogP contribution in [-0.2, 0) is 4.79 Å². The molecule has 0 rings (SSSR count). The van der Waals surface area contributed by atoms with Crippen molar-refractivity contribution in [2.24, 2.45) is 4.99 Å². The zero-order valence-electron chi connectivity index (χ0n) is 4.95. The first-order valence-corrected chi connectivity index (χ1v) is 2.52. The molecule has 9 heavy (non-hydrogen) atoms. The molecule has 0 bridgehead atoms. The maximum Gasteiger partial charge on any atom is 0.328 e. The van der Waals surface area contributed by atoms with Gasteiger partial charge in [0.25, 0.3) is 0 Å². The van der Waals surface area contributed by atoms with E-state index in [0.717, 1.165) is 0 Å². The highest BCUT2D eigenvalue weighted by molar-refractivity contribution is 5.74. The van der Waals surface area contributed by atoms with Crippen LogP contribution in [-0.4, -0.2) is 35.5 Å². The van der Waals surface area contributed by atoms with Crippen LogP contribution in [0.4, 0.5) is 0 Å². The number of aliphatic imine (C=N–C) groups is 1. The monoisotopic (exact) mass is 131 g/mol. The van der Waals surface area contributed by atoms with Gasteiger partial charge in [-0.05, 0) is 6.72 Å². The van der Waals surface area contributed by atoms with Gasteiger partial charge in [-0.3, -0.25) is 4.99 Å². The first-order valence-electron chi connectivity index (χ1n) is 2.52. The van der Waals surface area contributed by atoms with Gasteiger partial charge in [-0.2, -0.15) is 0 Å². The van der Waals surface area contributed by atoms with E-state index in [1.54, 1.807) is 0 Å². The van der Waals surface area contributed by atoms with Crippen molar-refractivity contribution in [2.45, 2.75) is 12.5 Å². The normalized spacial score (nSPS) is 12.6. The molecule has 0 aromatic rings. The molecule has 0 aliphatic carbocycles. The average molecular weight is 131 g/mol. The Hall–Kier alpha value is -0.900. The average Bonchev–Trinajstić information content (AvgIpc) is 1.82. The van der Waals surface area contributed by atoms with Crippen LogP contribution in [0.1, 0.15) is 6.42 Å². The highest BCUT2D eigenvalue weighted by Crippen LogP contribution is 1.94. The van der Waals surface area contributed by atoms with Gasteiger partial charge in [0, 0.05) is 13.0 Å². The molecule has 0 aromatic heterocycles. The van der Waals surface area contributed by atoms with E-state index in [-0.39, 0.29) is 13.0 Å². The predicted octanol–water partition coefficient (Wildman–Crippen LogP) is -0.477. The number of aliphatic carboxylic acids is 1. The Kier molecular flexibility index (Phi) is 3.62. The summed E-state index contributed by atoms with van der Waals surface area (Å²) in [7, 11) is 0. The summed E-state index contributed by atoms with van der Waals surface area (Å²) in [5, 5.41) is 16.5. The Balaban J connectivity index is 3.68. The Labute approximate surface area is 52.8 Å². The molecule has 52 valence electrons. The number of aliphatic hydroxyl groups is 1. The molecule has 4 heteroatoms. The summed E-state index contributed by atoms with van der Waals surface area (Å²) >= 11 is 0. The molecule has 0 spiro atoms. The summed E-state index contributed by atoms with van der Waals surface area (Å²) in [5.74, 6) is -1.04. The molecule has 0 heterocycles. The first-order chi connectivity index (χ1) is 4.22. The van der Waals surface area contributed by atoms with E-state index in [2.05, 4.69) is 11.7 Å². The van der Waals surface area contributed by atoms with Crippen LogP contribution in [0.25, 0.3) is 0 Å². The van der Waals surface area contributed by atoms with Crippen molar-refractivity contribution in [3.05, 3.63) is 0 Å². The Morgan fingerprint density at radius 3 is 2.44 bits per heavy atom. The smallest absolute Gasteiger partial charge is 0.328 e. The number of nitrogens with zero attached hydrogens (tertiary/aromatic N) is 1. The lowest BCUT2D eigenvalue weighted by atomic mass is 10.2. The fraction of sp³-hybridized carbons (Fsp3) is 0.600. The molecule has 2 N–H and O–H groups in total. The molecule has 0 radical (unpaired) electrons. The number of aliphatic hydroxyl groups excluding tert-OH is 1. The Morgan fingerprint density at radius 1 is 1.78 bits per heavy atom. The van der Waals surface area contributed by atoms with Gasteiger partial charge in [-0.15, -0.1) is 0 Å². The van der Waals surface area contributed by atoms with Crippen molar-refractivity contribution in [2.75, 3.05) is 6.61 Å². The van der Waals surface area contributed by atoms with E-state index < -0.39 is 12.0 Å². The highest BCUT2D eigenvalue weighted by Gasteiger charge is 2.12. The molecule has 0 aliphatic rings. The molecule has 4 nitrogen and oxygen atoms in total. The number of carboxylic acids is 1. The number of carbonyl (C=O) groups is 1. The van der Waals surface area contributed by atoms with Crippen LogP contribution in [0, 0.1) is 0 Å². The van der Waals surface area contributed by atoms with Gasteiger partial charge in [-0.1, -0.05) is 0 Å². The van der Waals surface area contributed by atoms with Gasteiger partial charge in [0.2, 0.25) is 0 Å².